The molecule has 0 saturated heterocycles. The zero-order valence-electron chi connectivity index (χ0n) is 9.59. The minimum Gasteiger partial charge on any atom is -0.376 e. The number of hydrogen-bond donors (Lipinski definition) is 0. The summed E-state index contributed by atoms with van der Waals surface area (Å²) in [6.45, 7) is 3.70. The lowest BCUT2D eigenvalue weighted by molar-refractivity contribution is 0.0910. The Balaban J connectivity index is 2.26. The first-order valence-corrected chi connectivity index (χ1v) is 7.14. The molecule has 0 bridgehead atoms. The highest BCUT2D eigenvalue weighted by molar-refractivity contribution is 9.09. The van der Waals surface area contributed by atoms with Crippen LogP contribution in [0.2, 0.25) is 5.02 Å². The molecule has 0 radical (unpaired) electrons. The van der Waals surface area contributed by atoms with Crippen molar-refractivity contribution in [3.05, 3.63) is 34.9 Å². The summed E-state index contributed by atoms with van der Waals surface area (Å²) in [6, 6.07) is 7.80. The Labute approximate surface area is 111 Å². The van der Waals surface area contributed by atoms with Crippen molar-refractivity contribution in [3.63, 3.8) is 0 Å². The monoisotopic (exact) mass is 304 g/mol. The average molecular weight is 306 g/mol. The van der Waals surface area contributed by atoms with Gasteiger partial charge >= 0.3 is 0 Å². The molecular formula is C13H18BrClO. The Kier molecular flexibility index (Phi) is 7.10. The zero-order chi connectivity index (χ0) is 11.8. The normalized spacial score (nSPS) is 12.7. The van der Waals surface area contributed by atoms with E-state index >= 15 is 0 Å². The van der Waals surface area contributed by atoms with E-state index in [1.54, 1.807) is 0 Å². The van der Waals surface area contributed by atoms with E-state index in [0.29, 0.717) is 12.5 Å². The van der Waals surface area contributed by atoms with Gasteiger partial charge in [-0.3, -0.25) is 0 Å². The third-order valence-corrected chi connectivity index (χ3v) is 3.62. The molecule has 0 amide bonds. The van der Waals surface area contributed by atoms with Crippen molar-refractivity contribution in [1.29, 1.82) is 0 Å². The maximum absolute atomic E-state index is 5.81. The third-order valence-electron chi connectivity index (χ3n) is 2.45. The lowest BCUT2D eigenvalue weighted by atomic mass is 10.1. The smallest absolute Gasteiger partial charge is 0.0717 e. The fraction of sp³-hybridized carbons (Fsp3) is 0.538. The van der Waals surface area contributed by atoms with Gasteiger partial charge in [-0.25, -0.2) is 0 Å². The van der Waals surface area contributed by atoms with Gasteiger partial charge in [-0.05, 0) is 30.0 Å². The summed E-state index contributed by atoms with van der Waals surface area (Å²) < 4.78 is 5.69. The van der Waals surface area contributed by atoms with Gasteiger partial charge in [0.1, 0.15) is 0 Å². The first kappa shape index (κ1) is 14.0. The lowest BCUT2D eigenvalue weighted by Gasteiger charge is -2.13. The van der Waals surface area contributed by atoms with E-state index in [1.165, 1.54) is 18.4 Å². The Morgan fingerprint density at radius 1 is 1.31 bits per heavy atom. The fourth-order valence-corrected chi connectivity index (χ4v) is 2.17. The molecule has 90 valence electrons. The van der Waals surface area contributed by atoms with Crippen LogP contribution in [0.3, 0.4) is 0 Å². The molecule has 1 unspecified atom stereocenters. The summed E-state index contributed by atoms with van der Waals surface area (Å²) in [5.74, 6) is 0.623. The van der Waals surface area contributed by atoms with E-state index in [-0.39, 0.29) is 0 Å². The molecule has 0 fully saturated rings. The van der Waals surface area contributed by atoms with Gasteiger partial charge in [0.25, 0.3) is 0 Å². The maximum atomic E-state index is 5.81. The van der Waals surface area contributed by atoms with Crippen LogP contribution >= 0.6 is 27.5 Å². The minimum atomic E-state index is 0.623. The van der Waals surface area contributed by atoms with Crippen LogP contribution in [-0.2, 0) is 11.3 Å². The van der Waals surface area contributed by atoms with Crippen LogP contribution in [0.1, 0.15) is 25.3 Å². The van der Waals surface area contributed by atoms with Gasteiger partial charge in [0.15, 0.2) is 0 Å². The molecule has 1 rings (SSSR count). The molecular weight excluding hydrogens is 287 g/mol. The van der Waals surface area contributed by atoms with Crippen LogP contribution in [0, 0.1) is 5.92 Å². The number of rotatable bonds is 7. The third kappa shape index (κ3) is 5.33. The quantitative estimate of drug-likeness (QED) is 0.665. The molecule has 0 N–H and O–H groups in total. The van der Waals surface area contributed by atoms with E-state index in [9.17, 15) is 0 Å². The first-order valence-electron chi connectivity index (χ1n) is 5.64. The zero-order valence-corrected chi connectivity index (χ0v) is 11.9. The van der Waals surface area contributed by atoms with Gasteiger partial charge in [-0.2, -0.15) is 0 Å². The molecule has 1 atom stereocenters. The summed E-state index contributed by atoms with van der Waals surface area (Å²) in [5, 5.41) is 1.79. The van der Waals surface area contributed by atoms with Gasteiger partial charge in [-0.15, -0.1) is 0 Å². The lowest BCUT2D eigenvalue weighted by Crippen LogP contribution is -2.10. The summed E-state index contributed by atoms with van der Waals surface area (Å²) >= 11 is 9.33. The molecule has 0 aliphatic heterocycles. The SMILES string of the molecule is CCCC(CBr)COCc1ccc(Cl)cc1. The number of alkyl halides is 1. The van der Waals surface area contributed by atoms with E-state index in [0.717, 1.165) is 17.0 Å². The largest absolute Gasteiger partial charge is 0.376 e. The molecule has 16 heavy (non-hydrogen) atoms. The van der Waals surface area contributed by atoms with Gasteiger partial charge in [-0.1, -0.05) is 53.0 Å². The molecule has 0 aliphatic carbocycles. The molecule has 0 heterocycles. The molecule has 0 aromatic heterocycles. The summed E-state index contributed by atoms with van der Waals surface area (Å²) in [7, 11) is 0. The van der Waals surface area contributed by atoms with Crippen molar-refractivity contribution in [2.45, 2.75) is 26.4 Å². The first-order chi connectivity index (χ1) is 7.76. The molecule has 0 saturated carbocycles. The molecule has 0 spiro atoms. The van der Waals surface area contributed by atoms with Crippen molar-refractivity contribution in [1.82, 2.24) is 0 Å². The predicted molar refractivity (Wildman–Crippen MR) is 73.3 cm³/mol. The number of halogens is 2. The summed E-state index contributed by atoms with van der Waals surface area (Å²) in [5.41, 5.74) is 1.18. The highest BCUT2D eigenvalue weighted by Gasteiger charge is 2.05. The number of hydrogen-bond acceptors (Lipinski definition) is 1. The van der Waals surface area contributed by atoms with Crippen LogP contribution in [0.5, 0.6) is 0 Å². The van der Waals surface area contributed by atoms with Crippen LogP contribution < -0.4 is 0 Å². The van der Waals surface area contributed by atoms with Crippen LogP contribution in [0.4, 0.5) is 0 Å². The maximum Gasteiger partial charge on any atom is 0.0717 e. The summed E-state index contributed by atoms with van der Waals surface area (Å²) in [6.07, 6.45) is 2.42. The van der Waals surface area contributed by atoms with Crippen molar-refractivity contribution in [2.24, 2.45) is 5.92 Å². The van der Waals surface area contributed by atoms with Gasteiger partial charge in [0.05, 0.1) is 13.2 Å². The van der Waals surface area contributed by atoms with Crippen molar-refractivity contribution in [3.8, 4) is 0 Å². The Bertz CT molecular complexity index is 286. The van der Waals surface area contributed by atoms with Crippen LogP contribution in [0.15, 0.2) is 24.3 Å². The number of ether oxygens (including phenoxy) is 1. The van der Waals surface area contributed by atoms with Crippen LogP contribution in [0.25, 0.3) is 0 Å². The average Bonchev–Trinajstić information content (AvgIpc) is 2.30. The van der Waals surface area contributed by atoms with Gasteiger partial charge in [0, 0.05) is 10.4 Å². The van der Waals surface area contributed by atoms with Crippen molar-refractivity contribution >= 4 is 27.5 Å². The van der Waals surface area contributed by atoms with Crippen molar-refractivity contribution < 1.29 is 4.74 Å². The molecule has 1 aromatic carbocycles. The Hall–Kier alpha value is -0.0500. The molecule has 1 aromatic rings. The second-order valence-electron chi connectivity index (χ2n) is 3.95. The minimum absolute atomic E-state index is 0.623. The van der Waals surface area contributed by atoms with E-state index in [4.69, 9.17) is 16.3 Å². The predicted octanol–water partition coefficient (Wildman–Crippen LogP) is 4.67. The van der Waals surface area contributed by atoms with Gasteiger partial charge < -0.3 is 4.74 Å². The Morgan fingerprint density at radius 2 is 2.00 bits per heavy atom. The summed E-state index contributed by atoms with van der Waals surface area (Å²) in [4.78, 5) is 0. The molecule has 0 aliphatic rings. The van der Waals surface area contributed by atoms with E-state index < -0.39 is 0 Å². The second kappa shape index (κ2) is 8.10. The molecule has 1 nitrogen and oxygen atoms in total. The highest BCUT2D eigenvalue weighted by Crippen LogP contribution is 2.13. The van der Waals surface area contributed by atoms with Crippen LogP contribution in [-0.4, -0.2) is 11.9 Å². The Morgan fingerprint density at radius 3 is 2.56 bits per heavy atom. The van der Waals surface area contributed by atoms with E-state index in [2.05, 4.69) is 22.9 Å². The van der Waals surface area contributed by atoms with Gasteiger partial charge in [0.2, 0.25) is 0 Å². The topological polar surface area (TPSA) is 9.23 Å². The van der Waals surface area contributed by atoms with E-state index in [1.807, 2.05) is 24.3 Å². The highest BCUT2D eigenvalue weighted by atomic mass is 79.9. The standard InChI is InChI=1S/C13H18BrClO/c1-2-3-12(8-14)10-16-9-11-4-6-13(15)7-5-11/h4-7,12H,2-3,8-10H2,1H3. The second-order valence-corrected chi connectivity index (χ2v) is 5.03. The fourth-order valence-electron chi connectivity index (χ4n) is 1.54. The molecule has 3 heteroatoms. The van der Waals surface area contributed by atoms with Crippen molar-refractivity contribution in [2.75, 3.05) is 11.9 Å². The number of benzene rings is 1.